The summed E-state index contributed by atoms with van der Waals surface area (Å²) in [5.41, 5.74) is 4.79. The minimum absolute atomic E-state index is 0.0875. The lowest BCUT2D eigenvalue weighted by Crippen LogP contribution is -2.38. The Kier molecular flexibility index (Phi) is 3.88. The fourth-order valence-electron chi connectivity index (χ4n) is 1.26. The Balaban J connectivity index is 2.60. The van der Waals surface area contributed by atoms with Crippen molar-refractivity contribution in [2.45, 2.75) is 11.7 Å². The maximum Gasteiger partial charge on any atom is 0.318 e. The maximum absolute atomic E-state index is 11.6. The number of carbonyl (C=O) groups is 3. The Labute approximate surface area is 96.4 Å². The molecule has 16 heavy (non-hydrogen) atoms. The van der Waals surface area contributed by atoms with Crippen LogP contribution in [0.15, 0.2) is 4.99 Å². The molecule has 1 atom stereocenters. The molecule has 88 valence electrons. The van der Waals surface area contributed by atoms with Crippen LogP contribution >= 0.6 is 11.8 Å². The molecule has 0 aromatic rings. The highest BCUT2D eigenvalue weighted by Gasteiger charge is 2.36. The number of nitrogens with one attached hydrogen (secondary N) is 1. The molecule has 4 amide bonds. The molecule has 1 aliphatic heterocycles. The molecular weight excluding hydrogens is 232 g/mol. The Hall–Kier alpha value is -1.57. The van der Waals surface area contributed by atoms with Crippen molar-refractivity contribution in [3.8, 4) is 0 Å². The number of hydrogen-bond donors (Lipinski definition) is 2. The number of carbonyl (C=O) groups excluding carboxylic acids is 3. The molecule has 0 radical (unpaired) electrons. The van der Waals surface area contributed by atoms with E-state index in [1.807, 2.05) is 5.32 Å². The lowest BCUT2D eigenvalue weighted by Gasteiger charge is -2.07. The number of primary amides is 1. The normalized spacial score (nSPS) is 22.6. The molecule has 0 spiro atoms. The van der Waals surface area contributed by atoms with Gasteiger partial charge in [-0.25, -0.2) is 4.79 Å². The molecule has 1 saturated heterocycles. The van der Waals surface area contributed by atoms with Crippen molar-refractivity contribution in [3.05, 3.63) is 0 Å². The number of urea groups is 1. The van der Waals surface area contributed by atoms with Crippen molar-refractivity contribution in [1.82, 2.24) is 10.2 Å². The summed E-state index contributed by atoms with van der Waals surface area (Å²) in [5.74, 6) is -0.769. The molecule has 3 N–H and O–H groups in total. The van der Waals surface area contributed by atoms with Gasteiger partial charge in [0.15, 0.2) is 5.17 Å². The summed E-state index contributed by atoms with van der Waals surface area (Å²) in [6.45, 7) is 0. The third-order valence-corrected chi connectivity index (χ3v) is 3.29. The number of rotatable bonds is 2. The van der Waals surface area contributed by atoms with Gasteiger partial charge in [-0.2, -0.15) is 0 Å². The smallest absolute Gasteiger partial charge is 0.318 e. The molecule has 0 aromatic carbocycles. The van der Waals surface area contributed by atoms with Crippen LogP contribution in [0.1, 0.15) is 6.42 Å². The van der Waals surface area contributed by atoms with E-state index in [0.29, 0.717) is 5.17 Å². The van der Waals surface area contributed by atoms with Gasteiger partial charge in [-0.15, -0.1) is 0 Å². The van der Waals surface area contributed by atoms with Gasteiger partial charge in [-0.1, -0.05) is 11.8 Å². The van der Waals surface area contributed by atoms with Crippen LogP contribution < -0.4 is 11.1 Å². The van der Waals surface area contributed by atoms with Crippen LogP contribution in [0.3, 0.4) is 0 Å². The van der Waals surface area contributed by atoms with E-state index in [1.165, 1.54) is 16.7 Å². The third-order valence-electron chi connectivity index (χ3n) is 1.97. The van der Waals surface area contributed by atoms with Crippen LogP contribution in [-0.2, 0) is 9.59 Å². The van der Waals surface area contributed by atoms with Crippen molar-refractivity contribution in [2.24, 2.45) is 10.7 Å². The summed E-state index contributed by atoms with van der Waals surface area (Å²) in [6, 6.07) is -0.918. The Morgan fingerprint density at radius 1 is 1.62 bits per heavy atom. The van der Waals surface area contributed by atoms with Gasteiger partial charge in [0.05, 0.1) is 0 Å². The van der Waals surface area contributed by atoms with Crippen molar-refractivity contribution < 1.29 is 14.4 Å². The topological polar surface area (TPSA) is 105 Å². The molecule has 0 unspecified atom stereocenters. The van der Waals surface area contributed by atoms with Crippen LogP contribution in [0.4, 0.5) is 4.79 Å². The number of nitrogens with two attached hydrogens (primary N) is 1. The van der Waals surface area contributed by atoms with Gasteiger partial charge >= 0.3 is 6.03 Å². The molecule has 0 bridgehead atoms. The molecule has 0 aromatic heterocycles. The van der Waals surface area contributed by atoms with E-state index >= 15 is 0 Å². The zero-order chi connectivity index (χ0) is 12.3. The van der Waals surface area contributed by atoms with E-state index < -0.39 is 17.2 Å². The first kappa shape index (κ1) is 12.5. The number of imide groups is 1. The molecule has 1 heterocycles. The second-order valence-corrected chi connectivity index (χ2v) is 4.30. The quantitative estimate of drug-likeness (QED) is 0.658. The lowest BCUT2D eigenvalue weighted by molar-refractivity contribution is -0.128. The second-order valence-electron chi connectivity index (χ2n) is 3.13. The highest BCUT2D eigenvalue weighted by atomic mass is 32.2. The number of aliphatic imine (C=N–C) groups is 1. The summed E-state index contributed by atoms with van der Waals surface area (Å²) in [4.78, 5) is 38.5. The molecule has 0 aliphatic carbocycles. The van der Waals surface area contributed by atoms with E-state index in [0.717, 1.165) is 0 Å². The Bertz CT molecular complexity index is 368. The Morgan fingerprint density at radius 3 is 2.69 bits per heavy atom. The predicted molar refractivity (Wildman–Crippen MR) is 59.9 cm³/mol. The number of thioether (sulfide) groups is 1. The van der Waals surface area contributed by atoms with Crippen molar-refractivity contribution in [2.75, 3.05) is 14.1 Å². The van der Waals surface area contributed by atoms with Gasteiger partial charge in [-0.3, -0.25) is 24.8 Å². The van der Waals surface area contributed by atoms with Gasteiger partial charge in [0, 0.05) is 20.5 Å². The van der Waals surface area contributed by atoms with Crippen LogP contribution in [0.25, 0.3) is 0 Å². The minimum atomic E-state index is -0.918. The average Bonchev–Trinajstić information content (AvgIpc) is 2.44. The molecule has 1 rings (SSSR count). The van der Waals surface area contributed by atoms with E-state index in [9.17, 15) is 14.4 Å². The standard InChI is InChI=1S/C8H12N4O3S/c1-10-8-12(2)6(14)4(16-8)3-5(13)11-7(9)15/h4H,3H2,1-2H3,(H3,9,11,13,15)/t4-/m0/s1. The van der Waals surface area contributed by atoms with Crippen LogP contribution in [0.5, 0.6) is 0 Å². The lowest BCUT2D eigenvalue weighted by atomic mass is 10.2. The molecule has 1 fully saturated rings. The number of hydrogen-bond acceptors (Lipinski definition) is 5. The minimum Gasteiger partial charge on any atom is -0.351 e. The second kappa shape index (κ2) is 4.97. The first-order valence-electron chi connectivity index (χ1n) is 4.46. The monoisotopic (exact) mass is 244 g/mol. The van der Waals surface area contributed by atoms with Crippen LogP contribution in [0, 0.1) is 0 Å². The summed E-state index contributed by atoms with van der Waals surface area (Å²) in [6.07, 6.45) is -0.0875. The number of amidine groups is 1. The first-order valence-corrected chi connectivity index (χ1v) is 5.34. The fraction of sp³-hybridized carbons (Fsp3) is 0.500. The van der Waals surface area contributed by atoms with Gasteiger partial charge in [-0.05, 0) is 0 Å². The number of amides is 4. The molecule has 8 heteroatoms. The summed E-state index contributed by atoms with van der Waals surface area (Å²) in [5, 5.41) is 1.93. The summed E-state index contributed by atoms with van der Waals surface area (Å²) in [7, 11) is 3.15. The molecule has 0 saturated carbocycles. The highest BCUT2D eigenvalue weighted by molar-refractivity contribution is 8.15. The molecular formula is C8H12N4O3S. The van der Waals surface area contributed by atoms with Gasteiger partial charge in [0.2, 0.25) is 11.8 Å². The average molecular weight is 244 g/mol. The molecule has 1 aliphatic rings. The molecule has 7 nitrogen and oxygen atoms in total. The van der Waals surface area contributed by atoms with E-state index in [2.05, 4.69) is 4.99 Å². The highest BCUT2D eigenvalue weighted by Crippen LogP contribution is 2.27. The van der Waals surface area contributed by atoms with Crippen LogP contribution in [-0.4, -0.2) is 47.3 Å². The van der Waals surface area contributed by atoms with Gasteiger partial charge in [0.1, 0.15) is 5.25 Å². The zero-order valence-electron chi connectivity index (χ0n) is 8.89. The zero-order valence-corrected chi connectivity index (χ0v) is 9.71. The van der Waals surface area contributed by atoms with Gasteiger partial charge < -0.3 is 5.73 Å². The van der Waals surface area contributed by atoms with Crippen molar-refractivity contribution in [1.29, 1.82) is 0 Å². The van der Waals surface area contributed by atoms with Gasteiger partial charge in [0.25, 0.3) is 0 Å². The summed E-state index contributed by atoms with van der Waals surface area (Å²) >= 11 is 1.20. The van der Waals surface area contributed by atoms with Crippen molar-refractivity contribution >= 4 is 34.8 Å². The third kappa shape index (κ3) is 2.72. The number of nitrogens with zero attached hydrogens (tertiary/aromatic N) is 2. The van der Waals surface area contributed by atoms with E-state index in [1.54, 1.807) is 14.1 Å². The van der Waals surface area contributed by atoms with Crippen LogP contribution in [0.2, 0.25) is 0 Å². The van der Waals surface area contributed by atoms with Crippen molar-refractivity contribution in [3.63, 3.8) is 0 Å². The summed E-state index contributed by atoms with van der Waals surface area (Å²) < 4.78 is 0. The first-order chi connectivity index (χ1) is 7.45. The fourth-order valence-corrected chi connectivity index (χ4v) is 2.36. The van der Waals surface area contributed by atoms with E-state index in [-0.39, 0.29) is 12.3 Å². The predicted octanol–water partition coefficient (Wildman–Crippen LogP) is -0.869. The maximum atomic E-state index is 11.6. The van der Waals surface area contributed by atoms with E-state index in [4.69, 9.17) is 5.73 Å². The Morgan fingerprint density at radius 2 is 2.25 bits per heavy atom. The SMILES string of the molecule is CN=C1S[C@@H](CC(=O)NC(N)=O)C(=O)N1C. The largest absolute Gasteiger partial charge is 0.351 e.